The van der Waals surface area contributed by atoms with E-state index in [1.165, 1.54) is 12.1 Å². The summed E-state index contributed by atoms with van der Waals surface area (Å²) in [7, 11) is 0. The van der Waals surface area contributed by atoms with E-state index in [0.29, 0.717) is 27.7 Å². The van der Waals surface area contributed by atoms with Gasteiger partial charge in [-0.15, -0.1) is 0 Å². The lowest BCUT2D eigenvalue weighted by Gasteiger charge is -2.00. The molecule has 0 radical (unpaired) electrons. The van der Waals surface area contributed by atoms with Crippen molar-refractivity contribution in [1.29, 1.82) is 0 Å². The molecule has 3 rings (SSSR count). The number of halogens is 2. The second-order valence-corrected chi connectivity index (χ2v) is 5.09. The van der Waals surface area contributed by atoms with E-state index in [1.54, 1.807) is 31.2 Å². The van der Waals surface area contributed by atoms with Crippen molar-refractivity contribution in [2.45, 2.75) is 6.92 Å². The molecule has 0 aliphatic carbocycles. The topological polar surface area (TPSA) is 64.9 Å². The summed E-state index contributed by atoms with van der Waals surface area (Å²) in [5.74, 6) is 0.189. The van der Waals surface area contributed by atoms with E-state index in [4.69, 9.17) is 21.9 Å². The van der Waals surface area contributed by atoms with Gasteiger partial charge in [-0.1, -0.05) is 16.8 Å². The van der Waals surface area contributed by atoms with Crippen molar-refractivity contribution in [2.24, 2.45) is 0 Å². The van der Waals surface area contributed by atoms with Crippen LogP contribution in [0.5, 0.6) is 0 Å². The summed E-state index contributed by atoms with van der Waals surface area (Å²) < 4.78 is 18.6. The van der Waals surface area contributed by atoms with Crippen LogP contribution in [-0.4, -0.2) is 10.1 Å². The van der Waals surface area contributed by atoms with Gasteiger partial charge >= 0.3 is 0 Å². The van der Waals surface area contributed by atoms with Crippen molar-refractivity contribution in [3.05, 3.63) is 52.8 Å². The zero-order chi connectivity index (χ0) is 15.0. The molecule has 0 spiro atoms. The van der Waals surface area contributed by atoms with E-state index >= 15 is 0 Å². The minimum atomic E-state index is -0.349. The van der Waals surface area contributed by atoms with Gasteiger partial charge in [-0.25, -0.2) is 4.39 Å². The molecule has 4 nitrogen and oxygen atoms in total. The smallest absolute Gasteiger partial charge is 0.259 e. The van der Waals surface area contributed by atoms with Crippen molar-refractivity contribution in [1.82, 2.24) is 10.1 Å². The number of aromatic nitrogens is 2. The van der Waals surface area contributed by atoms with Crippen molar-refractivity contribution in [3.8, 4) is 22.8 Å². The second kappa shape index (κ2) is 5.18. The lowest BCUT2D eigenvalue weighted by Crippen LogP contribution is -1.88. The molecule has 6 heteroatoms. The van der Waals surface area contributed by atoms with Crippen LogP contribution in [0.4, 0.5) is 10.1 Å². The fourth-order valence-electron chi connectivity index (χ4n) is 2.02. The molecule has 0 bridgehead atoms. The molecule has 0 aliphatic rings. The molecule has 21 heavy (non-hydrogen) atoms. The number of nitrogens with zero attached hydrogens (tertiary/aromatic N) is 2. The average Bonchev–Trinajstić information content (AvgIpc) is 2.90. The lowest BCUT2D eigenvalue weighted by molar-refractivity contribution is 0.432. The number of anilines is 1. The maximum absolute atomic E-state index is 13.4. The number of hydrogen-bond donors (Lipinski definition) is 1. The van der Waals surface area contributed by atoms with Crippen LogP contribution in [0.25, 0.3) is 22.8 Å². The standard InChI is InChI=1S/C15H11ClFN3O/c1-8-4-9(6-10(17)5-8)14-19-15(21-20-14)12-7-11(18)2-3-13(12)16/h2-7H,18H2,1H3. The first kappa shape index (κ1) is 13.6. The van der Waals surface area contributed by atoms with Crippen LogP contribution in [0.3, 0.4) is 0 Å². The van der Waals surface area contributed by atoms with Crippen LogP contribution in [-0.2, 0) is 0 Å². The van der Waals surface area contributed by atoms with Crippen molar-refractivity contribution in [2.75, 3.05) is 5.73 Å². The Morgan fingerprint density at radius 2 is 2.00 bits per heavy atom. The summed E-state index contributed by atoms with van der Waals surface area (Å²) in [5, 5.41) is 4.32. The van der Waals surface area contributed by atoms with Crippen LogP contribution in [0, 0.1) is 12.7 Å². The molecule has 0 saturated carbocycles. The highest BCUT2D eigenvalue weighted by molar-refractivity contribution is 6.33. The Morgan fingerprint density at radius 3 is 2.76 bits per heavy atom. The molecule has 0 fully saturated rings. The van der Waals surface area contributed by atoms with Gasteiger partial charge in [-0.2, -0.15) is 4.98 Å². The lowest BCUT2D eigenvalue weighted by atomic mass is 10.1. The Bertz CT molecular complexity index is 796. The van der Waals surface area contributed by atoms with Gasteiger partial charge in [0.05, 0.1) is 10.6 Å². The molecule has 0 aliphatic heterocycles. The van der Waals surface area contributed by atoms with E-state index in [9.17, 15) is 4.39 Å². The fourth-order valence-corrected chi connectivity index (χ4v) is 2.22. The van der Waals surface area contributed by atoms with Gasteiger partial charge in [0.15, 0.2) is 0 Å². The van der Waals surface area contributed by atoms with Crippen LogP contribution < -0.4 is 5.73 Å². The Kier molecular flexibility index (Phi) is 3.35. The summed E-state index contributed by atoms with van der Waals surface area (Å²) in [5.41, 5.74) is 8.13. The van der Waals surface area contributed by atoms with E-state index in [1.807, 2.05) is 0 Å². The van der Waals surface area contributed by atoms with Gasteiger partial charge in [0.1, 0.15) is 5.82 Å². The van der Waals surface area contributed by atoms with Gasteiger partial charge < -0.3 is 10.3 Å². The molecule has 1 aromatic heterocycles. The normalized spacial score (nSPS) is 10.8. The van der Waals surface area contributed by atoms with E-state index in [0.717, 1.165) is 5.56 Å². The van der Waals surface area contributed by atoms with Crippen LogP contribution >= 0.6 is 11.6 Å². The minimum Gasteiger partial charge on any atom is -0.399 e. The van der Waals surface area contributed by atoms with E-state index in [2.05, 4.69) is 10.1 Å². The molecule has 0 atom stereocenters. The molecule has 3 aromatic rings. The number of benzene rings is 2. The van der Waals surface area contributed by atoms with Crippen LogP contribution in [0.15, 0.2) is 40.9 Å². The largest absolute Gasteiger partial charge is 0.399 e. The second-order valence-electron chi connectivity index (χ2n) is 4.68. The third-order valence-electron chi connectivity index (χ3n) is 2.95. The van der Waals surface area contributed by atoms with Crippen molar-refractivity contribution < 1.29 is 8.91 Å². The van der Waals surface area contributed by atoms with E-state index < -0.39 is 0 Å². The Hall–Kier alpha value is -2.40. The van der Waals surface area contributed by atoms with Crippen LogP contribution in [0.1, 0.15) is 5.56 Å². The van der Waals surface area contributed by atoms with Gasteiger partial charge in [-0.05, 0) is 48.9 Å². The zero-order valence-corrected chi connectivity index (χ0v) is 11.9. The summed E-state index contributed by atoms with van der Waals surface area (Å²) in [6, 6.07) is 9.54. The first-order chi connectivity index (χ1) is 10.0. The highest BCUT2D eigenvalue weighted by Gasteiger charge is 2.14. The molecule has 0 unspecified atom stereocenters. The highest BCUT2D eigenvalue weighted by atomic mass is 35.5. The van der Waals surface area contributed by atoms with Gasteiger partial charge in [0.25, 0.3) is 5.89 Å². The number of hydrogen-bond acceptors (Lipinski definition) is 4. The van der Waals surface area contributed by atoms with Crippen molar-refractivity contribution in [3.63, 3.8) is 0 Å². The quantitative estimate of drug-likeness (QED) is 0.724. The summed E-state index contributed by atoms with van der Waals surface area (Å²) >= 11 is 6.09. The maximum atomic E-state index is 13.4. The SMILES string of the molecule is Cc1cc(F)cc(-c2noc(-c3cc(N)ccc3Cl)n2)c1. The van der Waals surface area contributed by atoms with Crippen molar-refractivity contribution >= 4 is 17.3 Å². The van der Waals surface area contributed by atoms with E-state index in [-0.39, 0.29) is 11.7 Å². The molecule has 0 amide bonds. The predicted octanol–water partition coefficient (Wildman–Crippen LogP) is 4.09. The third-order valence-corrected chi connectivity index (χ3v) is 3.28. The first-order valence-corrected chi connectivity index (χ1v) is 6.57. The minimum absolute atomic E-state index is 0.240. The first-order valence-electron chi connectivity index (χ1n) is 6.19. The van der Waals surface area contributed by atoms with Gasteiger partial charge in [0, 0.05) is 11.3 Å². The molecule has 2 N–H and O–H groups in total. The predicted molar refractivity (Wildman–Crippen MR) is 79.3 cm³/mol. The molecule has 0 saturated heterocycles. The molecular formula is C15H11ClFN3O. The highest BCUT2D eigenvalue weighted by Crippen LogP contribution is 2.30. The Balaban J connectivity index is 2.05. The molecular weight excluding hydrogens is 293 g/mol. The number of rotatable bonds is 2. The zero-order valence-electron chi connectivity index (χ0n) is 11.1. The average molecular weight is 304 g/mol. The van der Waals surface area contributed by atoms with Crippen LogP contribution in [0.2, 0.25) is 5.02 Å². The molecule has 106 valence electrons. The summed E-state index contributed by atoms with van der Waals surface area (Å²) in [6.07, 6.45) is 0. The van der Waals surface area contributed by atoms with Gasteiger partial charge in [-0.3, -0.25) is 0 Å². The number of aryl methyl sites for hydroxylation is 1. The van der Waals surface area contributed by atoms with Gasteiger partial charge in [0.2, 0.25) is 5.82 Å². The Morgan fingerprint density at radius 1 is 1.19 bits per heavy atom. The molecule has 2 aromatic carbocycles. The fraction of sp³-hybridized carbons (Fsp3) is 0.0667. The maximum Gasteiger partial charge on any atom is 0.259 e. The monoisotopic (exact) mass is 303 g/mol. The Labute approximate surface area is 125 Å². The summed E-state index contributed by atoms with van der Waals surface area (Å²) in [4.78, 5) is 4.25. The number of nitrogens with two attached hydrogens (primary N) is 1. The molecule has 1 heterocycles. The summed E-state index contributed by atoms with van der Waals surface area (Å²) in [6.45, 7) is 1.79. The number of nitrogen functional groups attached to an aromatic ring is 1. The third kappa shape index (κ3) is 2.73.